The highest BCUT2D eigenvalue weighted by Gasteiger charge is 2.14. The predicted molar refractivity (Wildman–Crippen MR) is 99.0 cm³/mol. The smallest absolute Gasteiger partial charge is 0.273 e. The van der Waals surface area contributed by atoms with Crippen molar-refractivity contribution in [1.29, 1.82) is 0 Å². The molecule has 2 amide bonds. The number of H-pyrrole nitrogens is 1. The largest absolute Gasteiger partial charge is 0.352 e. The summed E-state index contributed by atoms with van der Waals surface area (Å²) < 4.78 is 0. The molecule has 0 radical (unpaired) electrons. The molecular formula is C19H19N5O2. The van der Waals surface area contributed by atoms with Crippen LogP contribution in [0.3, 0.4) is 0 Å². The fourth-order valence-electron chi connectivity index (χ4n) is 2.48. The fraction of sp³-hybridized carbons (Fsp3) is 0.158. The van der Waals surface area contributed by atoms with Gasteiger partial charge in [0.05, 0.1) is 5.69 Å². The lowest BCUT2D eigenvalue weighted by molar-refractivity contribution is 0.0955. The summed E-state index contributed by atoms with van der Waals surface area (Å²) in [6.45, 7) is 4.27. The molecule has 2 aromatic heterocycles. The predicted octanol–water partition coefficient (Wildman–Crippen LogP) is 2.78. The third kappa shape index (κ3) is 3.77. The summed E-state index contributed by atoms with van der Waals surface area (Å²) in [6.07, 6.45) is 1.67. The molecule has 0 bridgehead atoms. The number of nitrogens with one attached hydrogen (secondary N) is 3. The van der Waals surface area contributed by atoms with Crippen LogP contribution in [-0.4, -0.2) is 33.5 Å². The van der Waals surface area contributed by atoms with Crippen LogP contribution >= 0.6 is 0 Å². The highest BCUT2D eigenvalue weighted by molar-refractivity contribution is 6.04. The van der Waals surface area contributed by atoms with Crippen LogP contribution in [0.25, 0.3) is 11.4 Å². The maximum absolute atomic E-state index is 12.5. The molecule has 3 rings (SSSR count). The van der Waals surface area contributed by atoms with E-state index in [1.54, 1.807) is 30.5 Å². The average Bonchev–Trinajstić information content (AvgIpc) is 3.14. The molecule has 0 aliphatic rings. The average molecular weight is 349 g/mol. The maximum atomic E-state index is 12.5. The lowest BCUT2D eigenvalue weighted by atomic mass is 10.1. The fourth-order valence-corrected chi connectivity index (χ4v) is 2.48. The van der Waals surface area contributed by atoms with Crippen molar-refractivity contribution in [3.05, 3.63) is 65.5 Å². The highest BCUT2D eigenvalue weighted by atomic mass is 16.2. The zero-order chi connectivity index (χ0) is 18.5. The second-order valence-electron chi connectivity index (χ2n) is 5.73. The third-order valence-electron chi connectivity index (χ3n) is 3.82. The Morgan fingerprint density at radius 3 is 2.62 bits per heavy atom. The number of aromatic amines is 1. The topological polar surface area (TPSA) is 99.8 Å². The van der Waals surface area contributed by atoms with E-state index in [4.69, 9.17) is 0 Å². The van der Waals surface area contributed by atoms with Gasteiger partial charge in [0.15, 0.2) is 0 Å². The molecule has 26 heavy (non-hydrogen) atoms. The van der Waals surface area contributed by atoms with Crippen molar-refractivity contribution in [3.63, 3.8) is 0 Å². The number of aromatic nitrogens is 3. The standard InChI is InChI=1S/C19H19N5O2/c1-3-20-18(25)13-7-8-14(12(2)10-13)22-19(26)17-11-16(23-24-17)15-6-4-5-9-21-15/h4-11H,3H2,1-2H3,(H,20,25)(H,22,26)(H,23,24). The first-order valence-corrected chi connectivity index (χ1v) is 8.25. The van der Waals surface area contributed by atoms with E-state index >= 15 is 0 Å². The summed E-state index contributed by atoms with van der Waals surface area (Å²) in [6, 6.07) is 12.3. The molecule has 0 aliphatic carbocycles. The van der Waals surface area contributed by atoms with Gasteiger partial charge in [-0.3, -0.25) is 19.7 Å². The van der Waals surface area contributed by atoms with Crippen molar-refractivity contribution in [1.82, 2.24) is 20.5 Å². The van der Waals surface area contributed by atoms with E-state index in [1.807, 2.05) is 32.0 Å². The SMILES string of the molecule is CCNC(=O)c1ccc(NC(=O)c2cc(-c3ccccn3)n[nH]2)c(C)c1. The van der Waals surface area contributed by atoms with Gasteiger partial charge >= 0.3 is 0 Å². The molecule has 3 N–H and O–H groups in total. The van der Waals surface area contributed by atoms with Crippen molar-refractivity contribution < 1.29 is 9.59 Å². The first-order valence-electron chi connectivity index (χ1n) is 8.25. The van der Waals surface area contributed by atoms with Crippen LogP contribution in [0.2, 0.25) is 0 Å². The van der Waals surface area contributed by atoms with Crippen molar-refractivity contribution in [2.45, 2.75) is 13.8 Å². The van der Waals surface area contributed by atoms with E-state index in [0.717, 1.165) is 5.56 Å². The lowest BCUT2D eigenvalue weighted by Crippen LogP contribution is -2.22. The Balaban J connectivity index is 1.74. The number of nitrogens with zero attached hydrogens (tertiary/aromatic N) is 2. The number of benzene rings is 1. The minimum absolute atomic E-state index is 0.137. The molecule has 0 saturated carbocycles. The number of hydrogen-bond donors (Lipinski definition) is 3. The molecule has 1 aromatic carbocycles. The summed E-state index contributed by atoms with van der Waals surface area (Å²) in [7, 11) is 0. The van der Waals surface area contributed by atoms with Crippen LogP contribution in [0.5, 0.6) is 0 Å². The first-order chi connectivity index (χ1) is 12.6. The zero-order valence-corrected chi connectivity index (χ0v) is 14.5. The minimum atomic E-state index is -0.312. The van der Waals surface area contributed by atoms with Gasteiger partial charge in [-0.25, -0.2) is 0 Å². The summed E-state index contributed by atoms with van der Waals surface area (Å²) >= 11 is 0. The van der Waals surface area contributed by atoms with Crippen LogP contribution < -0.4 is 10.6 Å². The summed E-state index contributed by atoms with van der Waals surface area (Å²) in [5.74, 6) is -0.449. The van der Waals surface area contributed by atoms with Gasteiger partial charge in [-0.15, -0.1) is 0 Å². The van der Waals surface area contributed by atoms with Gasteiger partial charge in [0.2, 0.25) is 0 Å². The van der Waals surface area contributed by atoms with E-state index in [2.05, 4.69) is 25.8 Å². The Morgan fingerprint density at radius 2 is 1.92 bits per heavy atom. The Bertz CT molecular complexity index is 934. The number of carbonyl (C=O) groups excluding carboxylic acids is 2. The van der Waals surface area contributed by atoms with Gasteiger partial charge in [0.25, 0.3) is 11.8 Å². The molecule has 7 nitrogen and oxygen atoms in total. The van der Waals surface area contributed by atoms with Crippen molar-refractivity contribution >= 4 is 17.5 Å². The van der Waals surface area contributed by atoms with Crippen molar-refractivity contribution in [2.75, 3.05) is 11.9 Å². The van der Waals surface area contributed by atoms with Gasteiger partial charge in [-0.1, -0.05) is 6.07 Å². The van der Waals surface area contributed by atoms with E-state index in [0.29, 0.717) is 34.9 Å². The zero-order valence-electron chi connectivity index (χ0n) is 14.5. The normalized spacial score (nSPS) is 10.4. The number of aryl methyl sites for hydroxylation is 1. The van der Waals surface area contributed by atoms with E-state index in [-0.39, 0.29) is 11.8 Å². The quantitative estimate of drug-likeness (QED) is 0.659. The lowest BCUT2D eigenvalue weighted by Gasteiger charge is -2.09. The van der Waals surface area contributed by atoms with Gasteiger partial charge in [0.1, 0.15) is 11.4 Å². The van der Waals surface area contributed by atoms with Crippen LogP contribution in [0.1, 0.15) is 33.3 Å². The highest BCUT2D eigenvalue weighted by Crippen LogP contribution is 2.19. The van der Waals surface area contributed by atoms with Gasteiger partial charge in [-0.05, 0) is 55.8 Å². The Hall–Kier alpha value is -3.48. The number of anilines is 1. The van der Waals surface area contributed by atoms with Crippen LogP contribution in [0, 0.1) is 6.92 Å². The molecule has 0 spiro atoms. The number of carbonyl (C=O) groups is 2. The molecule has 0 fully saturated rings. The molecule has 2 heterocycles. The number of pyridine rings is 1. The van der Waals surface area contributed by atoms with Crippen molar-refractivity contribution in [2.24, 2.45) is 0 Å². The second kappa shape index (κ2) is 7.60. The molecule has 132 valence electrons. The number of hydrogen-bond acceptors (Lipinski definition) is 4. The molecule has 0 unspecified atom stereocenters. The number of amides is 2. The van der Waals surface area contributed by atoms with Crippen molar-refractivity contribution in [3.8, 4) is 11.4 Å². The summed E-state index contributed by atoms with van der Waals surface area (Å²) in [5.41, 5.74) is 3.60. The van der Waals surface area contributed by atoms with Gasteiger partial charge in [0, 0.05) is 24.0 Å². The summed E-state index contributed by atoms with van der Waals surface area (Å²) in [4.78, 5) is 28.5. The molecule has 0 saturated heterocycles. The molecular weight excluding hydrogens is 330 g/mol. The third-order valence-corrected chi connectivity index (χ3v) is 3.82. The Morgan fingerprint density at radius 1 is 1.08 bits per heavy atom. The van der Waals surface area contributed by atoms with Crippen LogP contribution in [-0.2, 0) is 0 Å². The minimum Gasteiger partial charge on any atom is -0.352 e. The molecule has 0 aliphatic heterocycles. The molecule has 7 heteroatoms. The van der Waals surface area contributed by atoms with Crippen LogP contribution in [0.4, 0.5) is 5.69 Å². The van der Waals surface area contributed by atoms with E-state index in [9.17, 15) is 9.59 Å². The monoisotopic (exact) mass is 349 g/mol. The Kier molecular flexibility index (Phi) is 5.07. The number of rotatable bonds is 5. The molecule has 0 atom stereocenters. The first kappa shape index (κ1) is 17.3. The van der Waals surface area contributed by atoms with E-state index in [1.165, 1.54) is 0 Å². The van der Waals surface area contributed by atoms with Gasteiger partial charge in [-0.2, -0.15) is 5.10 Å². The van der Waals surface area contributed by atoms with Crippen LogP contribution in [0.15, 0.2) is 48.7 Å². The maximum Gasteiger partial charge on any atom is 0.273 e. The Labute approximate surface area is 150 Å². The van der Waals surface area contributed by atoms with Gasteiger partial charge < -0.3 is 10.6 Å². The molecule has 3 aromatic rings. The second-order valence-corrected chi connectivity index (χ2v) is 5.73. The van der Waals surface area contributed by atoms with E-state index < -0.39 is 0 Å². The summed E-state index contributed by atoms with van der Waals surface area (Å²) in [5, 5.41) is 12.4.